The van der Waals surface area contributed by atoms with E-state index in [-0.39, 0.29) is 50.4 Å². The van der Waals surface area contributed by atoms with Gasteiger partial charge < -0.3 is 9.47 Å². The molecule has 0 saturated heterocycles. The molecular weight excluding hydrogens is 630 g/mol. The van der Waals surface area contributed by atoms with Crippen LogP contribution in [0.4, 0.5) is 43.9 Å². The van der Waals surface area contributed by atoms with Crippen molar-refractivity contribution in [1.82, 2.24) is 0 Å². The van der Waals surface area contributed by atoms with Gasteiger partial charge in [0.1, 0.15) is 11.9 Å². The van der Waals surface area contributed by atoms with Gasteiger partial charge >= 0.3 is 23.7 Å². The van der Waals surface area contributed by atoms with Gasteiger partial charge in [0.25, 0.3) is 0 Å². The first kappa shape index (κ1) is 34.4. The zero-order valence-corrected chi connectivity index (χ0v) is 25.5. The first-order valence-corrected chi connectivity index (χ1v) is 15.7. The third kappa shape index (κ3) is 5.55. The number of benzene rings is 2. The van der Waals surface area contributed by atoms with E-state index >= 15 is 43.9 Å². The second kappa shape index (κ2) is 12.6. The van der Waals surface area contributed by atoms with Gasteiger partial charge in [-0.05, 0) is 92.2 Å². The van der Waals surface area contributed by atoms with Crippen LogP contribution in [0.1, 0.15) is 94.7 Å². The Bertz CT molecular complexity index is 1460. The zero-order valence-electron chi connectivity index (χ0n) is 25.5. The molecule has 1 unspecified atom stereocenters. The lowest BCUT2D eigenvalue weighted by atomic mass is 9.73. The Balaban J connectivity index is 1.44. The molecule has 1 atom stereocenters. The lowest BCUT2D eigenvalue weighted by Gasteiger charge is -2.40. The molecule has 2 aromatic rings. The molecule has 5 rings (SSSR count). The van der Waals surface area contributed by atoms with Gasteiger partial charge in [-0.1, -0.05) is 32.8 Å². The van der Waals surface area contributed by atoms with E-state index in [2.05, 4.69) is 0 Å². The number of allylic oxidation sites excluding steroid dienone is 1. The molecule has 1 fully saturated rings. The highest BCUT2D eigenvalue weighted by molar-refractivity contribution is 5.77. The van der Waals surface area contributed by atoms with Crippen LogP contribution in [-0.2, 0) is 22.5 Å². The van der Waals surface area contributed by atoms with Crippen LogP contribution >= 0.6 is 0 Å². The number of fused-ring (bicyclic) bond motifs is 3. The summed E-state index contributed by atoms with van der Waals surface area (Å²) in [6, 6.07) is 2.31. The van der Waals surface area contributed by atoms with E-state index in [9.17, 15) is 0 Å². The topological polar surface area (TPSA) is 18.5 Å². The van der Waals surface area contributed by atoms with E-state index in [0.29, 0.717) is 25.3 Å². The first-order chi connectivity index (χ1) is 21.6. The minimum atomic E-state index is -5.56. The number of hydrogen-bond acceptors (Lipinski definition) is 2. The zero-order chi connectivity index (χ0) is 33.7. The Morgan fingerprint density at radius 3 is 1.98 bits per heavy atom. The Morgan fingerprint density at radius 1 is 0.804 bits per heavy atom. The smallest absolute Gasteiger partial charge is 0.343 e. The quantitative estimate of drug-likeness (QED) is 0.186. The summed E-state index contributed by atoms with van der Waals surface area (Å²) in [7, 11) is 0. The van der Waals surface area contributed by atoms with Crippen LogP contribution in [0.15, 0.2) is 36.1 Å². The number of alkyl halides is 8. The summed E-state index contributed by atoms with van der Waals surface area (Å²) in [6.45, 7) is 3.71. The number of hydrogen-bond donors (Lipinski definition) is 0. The molecular formula is C34H36F10O2. The highest BCUT2D eigenvalue weighted by Gasteiger charge is 2.68. The first-order valence-electron chi connectivity index (χ1n) is 15.7. The molecule has 254 valence electrons. The summed E-state index contributed by atoms with van der Waals surface area (Å²) in [5.74, 6) is -28.4. The summed E-state index contributed by atoms with van der Waals surface area (Å²) in [5, 5.41) is 0. The largest absolute Gasteiger partial charge is 0.498 e. The molecule has 2 nitrogen and oxygen atoms in total. The number of ether oxygens (including phenoxy) is 2. The van der Waals surface area contributed by atoms with Crippen molar-refractivity contribution in [2.45, 2.75) is 108 Å². The third-order valence-corrected chi connectivity index (χ3v) is 9.61. The van der Waals surface area contributed by atoms with E-state index in [4.69, 9.17) is 9.47 Å². The molecule has 0 spiro atoms. The van der Waals surface area contributed by atoms with Crippen molar-refractivity contribution in [1.29, 1.82) is 0 Å². The van der Waals surface area contributed by atoms with Crippen molar-refractivity contribution in [2.75, 3.05) is 6.61 Å². The predicted molar refractivity (Wildman–Crippen MR) is 151 cm³/mol. The summed E-state index contributed by atoms with van der Waals surface area (Å²) in [5.41, 5.74) is -6.85. The highest BCUT2D eigenvalue weighted by Crippen LogP contribution is 2.61. The van der Waals surface area contributed by atoms with Crippen molar-refractivity contribution in [3.8, 4) is 16.9 Å². The second-order valence-electron chi connectivity index (χ2n) is 12.5. The summed E-state index contributed by atoms with van der Waals surface area (Å²) in [6.07, 6.45) is 5.31. The molecule has 1 aliphatic heterocycles. The van der Waals surface area contributed by atoms with Gasteiger partial charge in [-0.3, -0.25) is 0 Å². The van der Waals surface area contributed by atoms with Crippen molar-refractivity contribution in [2.24, 2.45) is 11.8 Å². The fourth-order valence-electron chi connectivity index (χ4n) is 6.97. The molecule has 3 aliphatic rings. The van der Waals surface area contributed by atoms with Crippen molar-refractivity contribution in [3.05, 3.63) is 64.4 Å². The van der Waals surface area contributed by atoms with Gasteiger partial charge in [0.05, 0.1) is 29.6 Å². The Labute approximate surface area is 261 Å². The molecule has 2 aliphatic carbocycles. The molecule has 1 saturated carbocycles. The second-order valence-corrected chi connectivity index (χ2v) is 12.5. The Morgan fingerprint density at radius 2 is 1.41 bits per heavy atom. The number of rotatable bonds is 10. The van der Waals surface area contributed by atoms with E-state index < -0.39 is 74.8 Å². The van der Waals surface area contributed by atoms with Gasteiger partial charge in [0, 0.05) is 5.92 Å². The van der Waals surface area contributed by atoms with Crippen LogP contribution in [0, 0.1) is 23.5 Å². The van der Waals surface area contributed by atoms with E-state index in [1.165, 1.54) is 0 Å². The van der Waals surface area contributed by atoms with Gasteiger partial charge in [-0.2, -0.15) is 35.1 Å². The SMILES string of the molecule is CCCCOc1ccc2c(c1F)C(F)(F)C(F)(F)c1c-2ccc(C(F)(F)C(F)(F)C2CCC(C3CCC(CCC)=CO3)CC2)c1F. The van der Waals surface area contributed by atoms with Gasteiger partial charge in [0.2, 0.25) is 0 Å². The fourth-order valence-corrected chi connectivity index (χ4v) is 6.97. The highest BCUT2D eigenvalue weighted by atomic mass is 19.3. The Kier molecular flexibility index (Phi) is 9.43. The van der Waals surface area contributed by atoms with Crippen LogP contribution < -0.4 is 4.74 Å². The van der Waals surface area contributed by atoms with Gasteiger partial charge in [-0.25, -0.2) is 8.78 Å². The maximum Gasteiger partial charge on any atom is 0.343 e. The monoisotopic (exact) mass is 666 g/mol. The average Bonchev–Trinajstić information content (AvgIpc) is 3.01. The van der Waals surface area contributed by atoms with Crippen LogP contribution in [0.25, 0.3) is 11.1 Å². The van der Waals surface area contributed by atoms with E-state index in [1.807, 2.05) is 6.92 Å². The van der Waals surface area contributed by atoms with Gasteiger partial charge in [-0.15, -0.1) is 0 Å². The minimum Gasteiger partial charge on any atom is -0.498 e. The molecule has 46 heavy (non-hydrogen) atoms. The molecule has 0 N–H and O–H groups in total. The number of halogens is 10. The predicted octanol–water partition coefficient (Wildman–Crippen LogP) is 11.4. The minimum absolute atomic E-state index is 0.0979. The maximum absolute atomic E-state index is 15.7. The summed E-state index contributed by atoms with van der Waals surface area (Å²) >= 11 is 0. The normalized spacial score (nSPS) is 24.0. The molecule has 0 aromatic heterocycles. The van der Waals surface area contributed by atoms with Crippen LogP contribution in [0.3, 0.4) is 0 Å². The summed E-state index contributed by atoms with van der Waals surface area (Å²) < 4.78 is 165. The van der Waals surface area contributed by atoms with E-state index in [0.717, 1.165) is 37.0 Å². The molecule has 0 radical (unpaired) electrons. The molecule has 0 amide bonds. The van der Waals surface area contributed by atoms with Crippen molar-refractivity contribution < 1.29 is 53.4 Å². The van der Waals surface area contributed by atoms with E-state index in [1.54, 1.807) is 13.2 Å². The molecule has 0 bridgehead atoms. The lowest BCUT2D eigenvalue weighted by Crippen LogP contribution is -2.47. The van der Waals surface area contributed by atoms with Gasteiger partial charge in [0.15, 0.2) is 11.6 Å². The average molecular weight is 667 g/mol. The standard InChI is InChI=1S/C34H36F10O2/c1-3-5-17-45-26-16-13-23-22-12-14-24(29(35)27(22)33(41,42)34(43,44)28(23)30(26)36)32(39,40)31(37,38)21-10-8-20(9-11-21)25-15-7-19(6-4-2)18-46-25/h12-14,16,18,20-21,25H,3-11,15,17H2,1-2H3. The molecule has 2 aromatic carbocycles. The molecule has 12 heteroatoms. The van der Waals surface area contributed by atoms with Crippen molar-refractivity contribution >= 4 is 0 Å². The Hall–Kier alpha value is -2.92. The van der Waals surface area contributed by atoms with Crippen LogP contribution in [0.5, 0.6) is 5.75 Å². The third-order valence-electron chi connectivity index (χ3n) is 9.61. The molecule has 1 heterocycles. The van der Waals surface area contributed by atoms with Crippen LogP contribution in [0.2, 0.25) is 0 Å². The van der Waals surface area contributed by atoms with Crippen LogP contribution in [-0.4, -0.2) is 18.6 Å². The summed E-state index contributed by atoms with van der Waals surface area (Å²) in [4.78, 5) is 0. The number of unbranched alkanes of at least 4 members (excludes halogenated alkanes) is 1. The fraction of sp³-hybridized carbons (Fsp3) is 0.588. The lowest BCUT2D eigenvalue weighted by molar-refractivity contribution is -0.252. The van der Waals surface area contributed by atoms with Crippen molar-refractivity contribution in [3.63, 3.8) is 0 Å². The maximum atomic E-state index is 15.7.